The number of oxazole rings is 1. The number of carbonyl (C=O) groups excluding carboxylic acids is 1. The number of hydrogen-bond acceptors (Lipinski definition) is 13. The second kappa shape index (κ2) is 16.0. The number of nitrogens with one attached hydrogen (secondary N) is 1. The lowest BCUT2D eigenvalue weighted by Crippen LogP contribution is -2.74. The number of nitrogens with zero attached hydrogens (tertiary/aromatic N) is 9. The number of rotatable bonds is 9. The minimum atomic E-state index is -0.383. The molecular weight excluding hydrogens is 860 g/mol. The third kappa shape index (κ3) is 7.46. The molecule has 6 heterocycles. The second-order valence-electron chi connectivity index (χ2n) is 19.0. The molecule has 2 aliphatic carbocycles. The van der Waals surface area contributed by atoms with Crippen LogP contribution in [0.2, 0.25) is 5.02 Å². The van der Waals surface area contributed by atoms with Crippen LogP contribution in [0.25, 0.3) is 16.8 Å². The van der Waals surface area contributed by atoms with Gasteiger partial charge in [0.05, 0.1) is 34.2 Å². The molecule has 0 unspecified atom stereocenters. The lowest BCUT2D eigenvalue weighted by Gasteiger charge is -2.63. The summed E-state index contributed by atoms with van der Waals surface area (Å²) in [6.07, 6.45) is 12.2. The van der Waals surface area contributed by atoms with Crippen LogP contribution >= 0.6 is 22.9 Å². The van der Waals surface area contributed by atoms with Gasteiger partial charge >= 0.3 is 0 Å². The molecule has 65 heavy (non-hydrogen) atoms. The number of anilines is 1. The minimum Gasteiger partial charge on any atom is -0.490 e. The van der Waals surface area contributed by atoms with Crippen molar-refractivity contribution in [3.8, 4) is 22.6 Å². The molecule has 4 aromatic heterocycles. The van der Waals surface area contributed by atoms with Crippen LogP contribution in [-0.4, -0.2) is 72.7 Å². The SMILES string of the molecule is Cc1sc2c(c1C)C(c1ccc(OC3CC4(CCN(c5ncc(C(=O)NC6C(C)(C)C(Oc7ccc(C#N)c(Cl)c7)C6(C)C)cn5)CC4)C3)cc1)=N/C(=C/c1ncco1)c1nnc(C)n1-2. The van der Waals surface area contributed by atoms with Crippen molar-refractivity contribution < 1.29 is 18.7 Å². The average molecular weight is 910 g/mol. The smallest absolute Gasteiger partial charge is 0.254 e. The standard InChI is InChI=1S/C49H49ClN10O4S/c1-27-28(2)65-43-39(27)40(55-37(21-38-52-16-19-62-38)41-58-57-29(3)60(41)43)30-8-11-33(12-9-30)63-35-22-49(23-35)14-17-59(18-15-49)46-53-25-32(26-54-46)42(61)56-44-47(4,5)45(48(44,6)7)64-34-13-10-31(24-51)36(50)20-34/h8-13,16,19-21,25-26,35,44-45H,14-15,17-18,22-23H2,1-7H3,(H,56,61)/b37-21+. The van der Waals surface area contributed by atoms with E-state index in [4.69, 9.17) is 30.5 Å². The van der Waals surface area contributed by atoms with Gasteiger partial charge in [-0.15, -0.1) is 21.5 Å². The number of fused-ring (bicyclic) bond motifs is 3. The Hall–Kier alpha value is -6.37. The van der Waals surface area contributed by atoms with Crippen LogP contribution in [0.5, 0.6) is 11.5 Å². The minimum absolute atomic E-state index is 0.148. The molecular formula is C49H49ClN10O4S. The van der Waals surface area contributed by atoms with Crippen LogP contribution in [0, 0.1) is 48.3 Å². The Labute approximate surface area is 386 Å². The Morgan fingerprint density at radius 2 is 1.68 bits per heavy atom. The molecule has 2 aliphatic heterocycles. The molecule has 1 spiro atoms. The van der Waals surface area contributed by atoms with Gasteiger partial charge < -0.3 is 24.1 Å². The fourth-order valence-electron chi connectivity index (χ4n) is 10.6. The zero-order valence-corrected chi connectivity index (χ0v) is 38.9. The number of halogens is 1. The highest BCUT2D eigenvalue weighted by Crippen LogP contribution is 2.56. The van der Waals surface area contributed by atoms with Gasteiger partial charge in [0.15, 0.2) is 5.82 Å². The number of thiophene rings is 1. The molecule has 1 saturated heterocycles. The van der Waals surface area contributed by atoms with Gasteiger partial charge in [-0.05, 0) is 93.8 Å². The van der Waals surface area contributed by atoms with E-state index >= 15 is 0 Å². The van der Waals surface area contributed by atoms with Crippen LogP contribution in [0.3, 0.4) is 0 Å². The Bertz CT molecular complexity index is 2900. The van der Waals surface area contributed by atoms with Gasteiger partial charge in [0, 0.05) is 70.5 Å². The number of hydrogen-bond donors (Lipinski definition) is 1. The summed E-state index contributed by atoms with van der Waals surface area (Å²) in [4.78, 5) is 35.8. The zero-order chi connectivity index (χ0) is 45.4. The molecule has 332 valence electrons. The van der Waals surface area contributed by atoms with Crippen molar-refractivity contribution in [2.24, 2.45) is 21.2 Å². The zero-order valence-electron chi connectivity index (χ0n) is 37.3. The lowest BCUT2D eigenvalue weighted by atomic mass is 9.49. The Kier molecular flexibility index (Phi) is 10.4. The molecule has 10 rings (SSSR count). The predicted molar refractivity (Wildman–Crippen MR) is 249 cm³/mol. The summed E-state index contributed by atoms with van der Waals surface area (Å²) in [6.45, 7) is 16.2. The fraction of sp³-hybridized carbons (Fsp3) is 0.388. The molecule has 2 saturated carbocycles. The van der Waals surface area contributed by atoms with E-state index in [0.29, 0.717) is 45.3 Å². The number of aromatic nitrogens is 6. The summed E-state index contributed by atoms with van der Waals surface area (Å²) in [5.41, 5.74) is 4.96. The summed E-state index contributed by atoms with van der Waals surface area (Å²) >= 11 is 7.98. The maximum atomic E-state index is 13.5. The summed E-state index contributed by atoms with van der Waals surface area (Å²) in [5.74, 6) is 3.71. The van der Waals surface area contributed by atoms with Crippen molar-refractivity contribution >= 4 is 52.3 Å². The maximum absolute atomic E-state index is 13.5. The molecule has 4 aliphatic rings. The second-order valence-corrected chi connectivity index (χ2v) is 20.6. The van der Waals surface area contributed by atoms with Gasteiger partial charge in [-0.25, -0.2) is 19.9 Å². The monoisotopic (exact) mass is 908 g/mol. The Balaban J connectivity index is 0.743. The van der Waals surface area contributed by atoms with Gasteiger partial charge in [-0.3, -0.25) is 9.36 Å². The number of amides is 1. The van der Waals surface area contributed by atoms with E-state index < -0.39 is 0 Å². The number of benzene rings is 2. The van der Waals surface area contributed by atoms with Crippen molar-refractivity contribution in [2.75, 3.05) is 18.0 Å². The summed E-state index contributed by atoms with van der Waals surface area (Å²) in [7, 11) is 0. The highest BCUT2D eigenvalue weighted by molar-refractivity contribution is 7.15. The molecule has 0 radical (unpaired) electrons. The van der Waals surface area contributed by atoms with E-state index in [1.54, 1.807) is 60.5 Å². The summed E-state index contributed by atoms with van der Waals surface area (Å²) in [6, 6.07) is 15.3. The highest BCUT2D eigenvalue weighted by Gasteiger charge is 2.64. The van der Waals surface area contributed by atoms with Crippen molar-refractivity contribution in [3.05, 3.63) is 123 Å². The first-order valence-electron chi connectivity index (χ1n) is 21.9. The third-order valence-corrected chi connectivity index (χ3v) is 15.5. The third-order valence-electron chi connectivity index (χ3n) is 14.0. The number of ether oxygens (including phenoxy) is 2. The normalized spacial score (nSPS) is 21.0. The van der Waals surface area contributed by atoms with Gasteiger partial charge in [0.25, 0.3) is 5.91 Å². The lowest BCUT2D eigenvalue weighted by molar-refractivity contribution is -0.164. The van der Waals surface area contributed by atoms with E-state index in [1.807, 2.05) is 19.1 Å². The predicted octanol–water partition coefficient (Wildman–Crippen LogP) is 9.35. The molecule has 6 aromatic rings. The highest BCUT2D eigenvalue weighted by atomic mass is 35.5. The van der Waals surface area contributed by atoms with Crippen LogP contribution < -0.4 is 19.7 Å². The topological polar surface area (TPSA) is 169 Å². The maximum Gasteiger partial charge on any atom is 0.254 e. The van der Waals surface area contributed by atoms with Crippen LogP contribution in [0.15, 0.2) is 76.7 Å². The largest absolute Gasteiger partial charge is 0.490 e. The molecule has 2 aromatic carbocycles. The number of aryl methyl sites for hydroxylation is 2. The fourth-order valence-corrected chi connectivity index (χ4v) is 12.1. The van der Waals surface area contributed by atoms with Gasteiger partial charge in [0.2, 0.25) is 11.8 Å². The molecule has 14 nitrogen and oxygen atoms in total. The molecule has 0 atom stereocenters. The Morgan fingerprint density at radius 3 is 2.34 bits per heavy atom. The van der Waals surface area contributed by atoms with Gasteiger partial charge in [-0.1, -0.05) is 39.3 Å². The van der Waals surface area contributed by atoms with E-state index in [2.05, 4.69) is 99.7 Å². The quantitative estimate of drug-likeness (QED) is 0.147. The Morgan fingerprint density at radius 1 is 0.969 bits per heavy atom. The molecule has 1 amide bonds. The van der Waals surface area contributed by atoms with Crippen molar-refractivity contribution in [3.63, 3.8) is 0 Å². The van der Waals surface area contributed by atoms with E-state index in [9.17, 15) is 10.1 Å². The van der Waals surface area contributed by atoms with E-state index in [0.717, 1.165) is 72.2 Å². The van der Waals surface area contributed by atoms with Crippen molar-refractivity contribution in [1.29, 1.82) is 5.26 Å². The van der Waals surface area contributed by atoms with Crippen LogP contribution in [-0.2, 0) is 0 Å². The first kappa shape index (κ1) is 42.6. The number of piperidine rings is 1. The molecule has 3 fully saturated rings. The van der Waals surface area contributed by atoms with Gasteiger partial charge in [0.1, 0.15) is 46.5 Å². The average Bonchev–Trinajstić information content (AvgIpc) is 3.99. The first-order valence-corrected chi connectivity index (χ1v) is 23.1. The van der Waals surface area contributed by atoms with Crippen LogP contribution in [0.1, 0.15) is 108 Å². The van der Waals surface area contributed by atoms with Crippen molar-refractivity contribution in [2.45, 2.75) is 92.4 Å². The number of aliphatic imine (C=N–C) groups is 1. The molecule has 0 bridgehead atoms. The summed E-state index contributed by atoms with van der Waals surface area (Å²) in [5, 5.41) is 22.8. The van der Waals surface area contributed by atoms with E-state index in [-0.39, 0.29) is 40.4 Å². The van der Waals surface area contributed by atoms with E-state index in [1.165, 1.54) is 10.4 Å². The number of carbonyl (C=O) groups is 1. The molecule has 1 N–H and O–H groups in total. The first-order chi connectivity index (χ1) is 31.1. The van der Waals surface area contributed by atoms with Gasteiger partial charge in [-0.2, -0.15) is 5.26 Å². The van der Waals surface area contributed by atoms with Crippen molar-refractivity contribution in [1.82, 2.24) is 35.0 Å². The molecule has 16 heteroatoms. The summed E-state index contributed by atoms with van der Waals surface area (Å²) < 4.78 is 20.6. The number of nitriles is 1. The van der Waals surface area contributed by atoms with Crippen LogP contribution in [0.4, 0.5) is 5.95 Å².